The van der Waals surface area contributed by atoms with Crippen LogP contribution >= 0.6 is 7.26 Å². The molecule has 0 rings (SSSR count). The highest BCUT2D eigenvalue weighted by molar-refractivity contribution is 7.77. The van der Waals surface area contributed by atoms with Gasteiger partial charge in [0, 0.05) is 13.3 Å². The van der Waals surface area contributed by atoms with E-state index < -0.39 is 81.2 Å². The lowest BCUT2D eigenvalue weighted by molar-refractivity contribution is -0.136. The van der Waals surface area contributed by atoms with E-state index in [0.717, 1.165) is 0 Å². The zero-order valence-corrected chi connectivity index (χ0v) is 54.1. The third-order valence-corrected chi connectivity index (χ3v) is 49.3. The number of hydrogen-bond donors (Lipinski definition) is 0. The van der Waals surface area contributed by atoms with Gasteiger partial charge >= 0.3 is 57.3 Å². The largest absolute Gasteiger partial charge is 0.463 e. The van der Waals surface area contributed by atoms with Gasteiger partial charge in [-0.25, -0.2) is 4.79 Å². The monoisotopic (exact) mass is 1050 g/mol. The number of rotatable bonds is 40. The maximum atomic E-state index is 11.7. The molecule has 0 N–H and O–H groups in total. The summed E-state index contributed by atoms with van der Waals surface area (Å²) >= 11 is 0. The van der Waals surface area contributed by atoms with Crippen molar-refractivity contribution in [2.75, 3.05) is 30.5 Å². The van der Waals surface area contributed by atoms with Gasteiger partial charge in [0.05, 0.1) is 24.3 Å². The zero-order valence-electron chi connectivity index (χ0n) is 45.2. The topological polar surface area (TPSA) is 90.9 Å². The summed E-state index contributed by atoms with van der Waals surface area (Å²) in [5.74, 6) is 0.892. The van der Waals surface area contributed by atoms with E-state index in [1.54, 1.807) is 0 Å². The average molecular weight is 1050 g/mol. The minimum Gasteiger partial charge on any atom is -0.463 e. The maximum absolute atomic E-state index is 11.7. The number of carbonyl (C=O) groups is 1. The van der Waals surface area contributed by atoms with Crippen molar-refractivity contribution in [2.45, 2.75) is 241 Å². The molecule has 0 fully saturated rings. The summed E-state index contributed by atoms with van der Waals surface area (Å²) in [6, 6.07) is 0. The molecule has 0 aromatic carbocycles. The summed E-state index contributed by atoms with van der Waals surface area (Å²) < 4.78 is 54.0. The van der Waals surface area contributed by atoms with E-state index in [4.69, 9.17) is 33.5 Å². The first-order valence-electron chi connectivity index (χ1n) is 25.3. The lowest BCUT2D eigenvalue weighted by atomic mass is 10.1. The van der Waals surface area contributed by atoms with E-state index in [1.807, 2.05) is 26.2 Å². The van der Waals surface area contributed by atoms with Crippen LogP contribution in [0, 0.1) is 0 Å². The number of carbonyl (C=O) groups excluding carboxylic acids is 1. The number of hydrogen-bond acceptors (Lipinski definition) is 9. The molecular weight excluding hydrogens is 940 g/mol. The fourth-order valence-electron chi connectivity index (χ4n) is 9.84. The highest BCUT2D eigenvalue weighted by Gasteiger charge is 2.51. The Morgan fingerprint density at radius 2 is 0.651 bits per heavy atom. The van der Waals surface area contributed by atoms with E-state index in [-0.39, 0.29) is 6.23 Å². The molecule has 0 aliphatic rings. The summed E-state index contributed by atoms with van der Waals surface area (Å²) in [4.78, 5) is 11.7. The van der Waals surface area contributed by atoms with Gasteiger partial charge in [0.25, 0.3) is 0 Å². The molecule has 0 heterocycles. The molecule has 0 unspecified atom stereocenters. The number of ether oxygens (including phenoxy) is 1. The van der Waals surface area contributed by atoms with E-state index >= 15 is 0 Å². The summed E-state index contributed by atoms with van der Waals surface area (Å²) in [5, 5.41) is 0. The lowest BCUT2D eigenvalue weighted by Crippen LogP contribution is -2.62. The van der Waals surface area contributed by atoms with Crippen molar-refractivity contribution >= 4 is 81.2 Å². The minimum absolute atomic E-state index is 0.243. The molecule has 0 aliphatic heterocycles. The van der Waals surface area contributed by atoms with E-state index in [9.17, 15) is 4.79 Å². The molecule has 0 saturated heterocycles. The highest BCUT2D eigenvalue weighted by Crippen LogP contribution is 2.62. The van der Waals surface area contributed by atoms with Crippen LogP contribution in [-0.2, 0) is 38.3 Å². The Hall–Kier alpha value is 1.10. The van der Waals surface area contributed by atoms with Crippen molar-refractivity contribution < 1.29 is 38.3 Å². The molecule has 0 spiro atoms. The molecule has 0 aromatic heterocycles. The Balaban J connectivity index is 6.00. The smallest absolute Gasteiger partial charge is 0.329 e. The predicted octanol–water partition coefficient (Wildman–Crippen LogP) is 15.6. The van der Waals surface area contributed by atoms with Crippen LogP contribution in [0.4, 0.5) is 0 Å². The number of esters is 1. The third kappa shape index (κ3) is 33.3. The van der Waals surface area contributed by atoms with Crippen LogP contribution in [-0.4, -0.2) is 104 Å². The molecule has 0 bridgehead atoms. The van der Waals surface area contributed by atoms with Crippen LogP contribution < -0.4 is 0 Å². The predicted molar refractivity (Wildman–Crippen MR) is 295 cm³/mol. The molecule has 0 aliphatic carbocycles. The minimum atomic E-state index is -2.73. The zero-order chi connectivity index (χ0) is 48.7. The van der Waals surface area contributed by atoms with Gasteiger partial charge in [0.15, 0.2) is 0 Å². The molecule has 9 nitrogen and oxygen atoms in total. The summed E-state index contributed by atoms with van der Waals surface area (Å²) in [7, 11) is -21.7. The Bertz CT molecular complexity index is 1230. The molecule has 0 amide bonds. The normalized spacial score (nSPS) is 14.1. The van der Waals surface area contributed by atoms with Crippen molar-refractivity contribution in [1.29, 1.82) is 0 Å². The van der Waals surface area contributed by atoms with Crippen LogP contribution in [0.1, 0.15) is 136 Å². The molecule has 0 aromatic rings. The van der Waals surface area contributed by atoms with Gasteiger partial charge < -0.3 is 33.5 Å². The molecule has 376 valence electrons. The van der Waals surface area contributed by atoms with Crippen molar-refractivity contribution in [3.63, 3.8) is 0 Å². The Kier molecular flexibility index (Phi) is 30.5. The summed E-state index contributed by atoms with van der Waals surface area (Å²) in [5.41, 5.74) is 0. The van der Waals surface area contributed by atoms with Gasteiger partial charge in [-0.1, -0.05) is 104 Å². The summed E-state index contributed by atoms with van der Waals surface area (Å²) in [6.45, 7) is 45.1. The fraction of sp³-hybridized carbons (Fsp3) is 0.933. The van der Waals surface area contributed by atoms with E-state index in [0.29, 0.717) is 0 Å². The Morgan fingerprint density at radius 1 is 0.397 bits per heavy atom. The summed E-state index contributed by atoms with van der Waals surface area (Å²) in [6.07, 6.45) is 30.5. The molecule has 18 heteroatoms. The van der Waals surface area contributed by atoms with Gasteiger partial charge in [-0.3, -0.25) is 0 Å². The number of unbranched alkanes of at least 4 members (excludes halogenated alkanes) is 15. The first-order valence-corrected chi connectivity index (χ1v) is 51.0. The lowest BCUT2D eigenvalue weighted by Gasteiger charge is -2.44. The van der Waals surface area contributed by atoms with Gasteiger partial charge in [-0.15, -0.1) is 0 Å². The van der Waals surface area contributed by atoms with Crippen LogP contribution in [0.25, 0.3) is 0 Å². The van der Waals surface area contributed by atoms with Gasteiger partial charge in [-0.05, 0) is 143 Å². The molecule has 63 heavy (non-hydrogen) atoms. The average Bonchev–Trinajstić information content (AvgIpc) is 3.07. The van der Waals surface area contributed by atoms with Gasteiger partial charge in [0.2, 0.25) is 16.6 Å². The second kappa shape index (κ2) is 30.0. The van der Waals surface area contributed by atoms with E-state index in [2.05, 4.69) is 106 Å². The second-order valence-corrected chi connectivity index (χ2v) is 57.5. The highest BCUT2D eigenvalue weighted by atomic mass is 31.2. The Labute approximate surface area is 401 Å². The third-order valence-electron chi connectivity index (χ3n) is 10.9. The maximum Gasteiger partial charge on any atom is 0.329 e. The van der Waals surface area contributed by atoms with Gasteiger partial charge in [0.1, 0.15) is 6.23 Å². The molecule has 0 saturated carbocycles. The first kappa shape index (κ1) is 64.1. The van der Waals surface area contributed by atoms with Gasteiger partial charge in [-0.2, -0.15) is 0 Å². The second-order valence-electron chi connectivity index (χ2n) is 22.4. The fourth-order valence-corrected chi connectivity index (χ4v) is 60.7. The van der Waals surface area contributed by atoms with Crippen molar-refractivity contribution in [1.82, 2.24) is 0 Å². The van der Waals surface area contributed by atoms with Crippen molar-refractivity contribution in [3.05, 3.63) is 12.7 Å². The molecule has 0 atom stereocenters. The first-order chi connectivity index (χ1) is 28.8. The van der Waals surface area contributed by atoms with Crippen LogP contribution in [0.3, 0.4) is 0 Å². The SMILES string of the molecule is C=CC(=O)OC[Si](C)(C)O[Si](C)(C)O[Si](C)(C)O[Si](C)(C)O[Si](C)(C)O[Si](C)(C)O[Si](C)(C)O[Si](C)(C)C[P+](CCCCCCCC)(CCCCCCCC)CCCCCCCC. The van der Waals surface area contributed by atoms with Crippen molar-refractivity contribution in [3.8, 4) is 0 Å². The standard InChI is InChI=1S/C45H106O9PSi8/c1-21-25-28-31-34-37-40-55(41-38-35-32-29-26-22-2,42-39-36-33-30-27-23-3)44-57(7,8)49-59(11,12)51-61(15,16)53-63(19,20)54-62(17,18)52-60(13,14)50-58(9,10)48-56(5,6)43-47-45(46)24-4/h24H,4,21-23,25-44H2,1-3,5-20H3/q+1. The molecular formula is C45H106O9PSi8+. The Morgan fingerprint density at radius 3 is 0.937 bits per heavy atom. The molecule has 0 radical (unpaired) electrons. The van der Waals surface area contributed by atoms with Crippen molar-refractivity contribution in [2.24, 2.45) is 0 Å². The van der Waals surface area contributed by atoms with Crippen LogP contribution in [0.2, 0.25) is 105 Å². The van der Waals surface area contributed by atoms with Crippen LogP contribution in [0.15, 0.2) is 12.7 Å². The van der Waals surface area contributed by atoms with E-state index in [1.165, 1.54) is 146 Å². The quantitative estimate of drug-likeness (QED) is 0.0196. The van der Waals surface area contributed by atoms with Crippen LogP contribution in [0.5, 0.6) is 0 Å².